The Bertz CT molecular complexity index is 792. The maximum absolute atomic E-state index is 5.57. The van der Waals surface area contributed by atoms with Crippen molar-refractivity contribution < 1.29 is 9.47 Å². The first-order valence-electron chi connectivity index (χ1n) is 8.60. The van der Waals surface area contributed by atoms with Gasteiger partial charge in [0.25, 0.3) is 0 Å². The van der Waals surface area contributed by atoms with Crippen molar-refractivity contribution in [3.05, 3.63) is 52.5 Å². The number of hydrogen-bond donors (Lipinski definition) is 1. The largest absolute Gasteiger partial charge is 0.454 e. The lowest BCUT2D eigenvalue weighted by atomic mass is 10.1. The molecule has 2 aromatic carbocycles. The average Bonchev–Trinajstić information content (AvgIpc) is 3.12. The summed E-state index contributed by atoms with van der Waals surface area (Å²) in [5, 5.41) is 4.11. The average molecular weight is 434 g/mol. The standard InChI is InChI=1S/C19H20BrN3O2S/c20-15-2-4-16(5-3-15)21-19(26)23-9-7-22(8-10-23)12-14-1-6-17-18(11-14)25-13-24-17/h1-6,11H,7-10,12-13H2,(H,21,26). The van der Waals surface area contributed by atoms with Crippen LogP contribution in [0.4, 0.5) is 5.69 Å². The molecule has 136 valence electrons. The summed E-state index contributed by atoms with van der Waals surface area (Å²) in [6, 6.07) is 14.2. The second kappa shape index (κ2) is 7.82. The van der Waals surface area contributed by atoms with Gasteiger partial charge in [-0.25, -0.2) is 0 Å². The number of piperazine rings is 1. The van der Waals surface area contributed by atoms with Gasteiger partial charge in [-0.2, -0.15) is 0 Å². The number of ether oxygens (including phenoxy) is 2. The number of halogens is 1. The highest BCUT2D eigenvalue weighted by molar-refractivity contribution is 9.10. The van der Waals surface area contributed by atoms with E-state index in [9.17, 15) is 0 Å². The van der Waals surface area contributed by atoms with Crippen molar-refractivity contribution in [3.8, 4) is 11.5 Å². The Morgan fingerprint density at radius 2 is 1.73 bits per heavy atom. The smallest absolute Gasteiger partial charge is 0.231 e. The molecule has 0 aromatic heterocycles. The lowest BCUT2D eigenvalue weighted by Gasteiger charge is -2.36. The molecule has 26 heavy (non-hydrogen) atoms. The summed E-state index contributed by atoms with van der Waals surface area (Å²) < 4.78 is 11.9. The van der Waals surface area contributed by atoms with Gasteiger partial charge in [-0.15, -0.1) is 0 Å². The molecule has 0 spiro atoms. The number of fused-ring (bicyclic) bond motifs is 1. The van der Waals surface area contributed by atoms with Crippen LogP contribution in [0.3, 0.4) is 0 Å². The van der Waals surface area contributed by atoms with Gasteiger partial charge in [-0.3, -0.25) is 4.90 Å². The van der Waals surface area contributed by atoms with Crippen LogP contribution in [0.15, 0.2) is 46.9 Å². The summed E-state index contributed by atoms with van der Waals surface area (Å²) in [6.07, 6.45) is 0. The summed E-state index contributed by atoms with van der Waals surface area (Å²) in [4.78, 5) is 4.67. The van der Waals surface area contributed by atoms with Crippen molar-refractivity contribution in [1.29, 1.82) is 0 Å². The van der Waals surface area contributed by atoms with Gasteiger partial charge in [0.05, 0.1) is 0 Å². The SMILES string of the molecule is S=C(Nc1ccc(Br)cc1)N1CCN(Cc2ccc3c(c2)OCO3)CC1. The Morgan fingerprint density at radius 3 is 2.50 bits per heavy atom. The normalized spacial score (nSPS) is 16.6. The van der Waals surface area contributed by atoms with Crippen LogP contribution in [0, 0.1) is 0 Å². The Balaban J connectivity index is 1.28. The second-order valence-corrected chi connectivity index (χ2v) is 7.69. The van der Waals surface area contributed by atoms with E-state index in [1.54, 1.807) is 0 Å². The molecule has 0 bridgehead atoms. The summed E-state index contributed by atoms with van der Waals surface area (Å²) in [5.41, 5.74) is 2.26. The molecule has 1 N–H and O–H groups in total. The third-order valence-electron chi connectivity index (χ3n) is 4.60. The highest BCUT2D eigenvalue weighted by atomic mass is 79.9. The van der Waals surface area contributed by atoms with E-state index in [1.807, 2.05) is 30.3 Å². The van der Waals surface area contributed by atoms with E-state index < -0.39 is 0 Å². The lowest BCUT2D eigenvalue weighted by Crippen LogP contribution is -2.49. The molecule has 5 nitrogen and oxygen atoms in total. The molecule has 0 atom stereocenters. The van der Waals surface area contributed by atoms with Crippen LogP contribution < -0.4 is 14.8 Å². The van der Waals surface area contributed by atoms with E-state index in [2.05, 4.69) is 43.2 Å². The summed E-state index contributed by atoms with van der Waals surface area (Å²) in [6.45, 7) is 5.05. The van der Waals surface area contributed by atoms with Crippen LogP contribution in [0.1, 0.15) is 5.56 Å². The minimum Gasteiger partial charge on any atom is -0.454 e. The molecule has 1 saturated heterocycles. The van der Waals surface area contributed by atoms with Crippen LogP contribution in [0.25, 0.3) is 0 Å². The first kappa shape index (κ1) is 17.6. The first-order valence-corrected chi connectivity index (χ1v) is 9.80. The molecule has 7 heteroatoms. The molecule has 4 rings (SSSR count). The van der Waals surface area contributed by atoms with E-state index in [0.717, 1.165) is 59.5 Å². The highest BCUT2D eigenvalue weighted by Gasteiger charge is 2.20. The van der Waals surface area contributed by atoms with Gasteiger partial charge in [0.15, 0.2) is 16.6 Å². The molecule has 0 amide bonds. The zero-order valence-electron chi connectivity index (χ0n) is 14.3. The number of nitrogens with one attached hydrogen (secondary N) is 1. The number of benzene rings is 2. The topological polar surface area (TPSA) is 37.0 Å². The monoisotopic (exact) mass is 433 g/mol. The highest BCUT2D eigenvalue weighted by Crippen LogP contribution is 2.32. The fourth-order valence-corrected chi connectivity index (χ4v) is 3.71. The van der Waals surface area contributed by atoms with Crippen LogP contribution in [-0.2, 0) is 6.54 Å². The fraction of sp³-hybridized carbons (Fsp3) is 0.316. The van der Waals surface area contributed by atoms with Crippen molar-refractivity contribution in [2.24, 2.45) is 0 Å². The zero-order chi connectivity index (χ0) is 17.9. The minimum absolute atomic E-state index is 0.320. The van der Waals surface area contributed by atoms with Gasteiger partial charge in [0.1, 0.15) is 0 Å². The first-order chi connectivity index (χ1) is 12.7. The van der Waals surface area contributed by atoms with E-state index in [1.165, 1.54) is 5.56 Å². The van der Waals surface area contributed by atoms with Gasteiger partial charge in [-0.05, 0) is 54.2 Å². The maximum Gasteiger partial charge on any atom is 0.231 e. The minimum atomic E-state index is 0.320. The lowest BCUT2D eigenvalue weighted by molar-refractivity contribution is 0.173. The van der Waals surface area contributed by atoms with Crippen molar-refractivity contribution >= 4 is 38.9 Å². The quantitative estimate of drug-likeness (QED) is 0.743. The van der Waals surface area contributed by atoms with Gasteiger partial charge >= 0.3 is 0 Å². The van der Waals surface area contributed by atoms with Crippen molar-refractivity contribution in [1.82, 2.24) is 9.80 Å². The van der Waals surface area contributed by atoms with Crippen molar-refractivity contribution in [2.75, 3.05) is 38.3 Å². The van der Waals surface area contributed by atoms with E-state index in [0.29, 0.717) is 6.79 Å². The molecule has 0 saturated carbocycles. The molecule has 0 radical (unpaired) electrons. The molecule has 1 fully saturated rings. The van der Waals surface area contributed by atoms with Crippen LogP contribution in [0.5, 0.6) is 11.5 Å². The molecule has 0 aliphatic carbocycles. The summed E-state index contributed by atoms with van der Waals surface area (Å²) in [7, 11) is 0. The van der Waals surface area contributed by atoms with E-state index in [4.69, 9.17) is 21.7 Å². The molecule has 2 aromatic rings. The number of nitrogens with zero attached hydrogens (tertiary/aromatic N) is 2. The Kier molecular flexibility index (Phi) is 5.28. The predicted octanol–water partition coefficient (Wildman–Crippen LogP) is 3.69. The second-order valence-electron chi connectivity index (χ2n) is 6.39. The Hall–Kier alpha value is -1.83. The molecule has 2 aliphatic heterocycles. The third-order valence-corrected chi connectivity index (χ3v) is 5.49. The maximum atomic E-state index is 5.57. The summed E-state index contributed by atoms with van der Waals surface area (Å²) >= 11 is 9.01. The number of rotatable bonds is 3. The Morgan fingerprint density at radius 1 is 1.00 bits per heavy atom. The third kappa shape index (κ3) is 4.11. The van der Waals surface area contributed by atoms with E-state index in [-0.39, 0.29) is 0 Å². The summed E-state index contributed by atoms with van der Waals surface area (Å²) in [5.74, 6) is 1.68. The number of anilines is 1. The number of hydrogen-bond acceptors (Lipinski definition) is 4. The molecular weight excluding hydrogens is 414 g/mol. The van der Waals surface area contributed by atoms with Gasteiger partial charge in [0.2, 0.25) is 6.79 Å². The molecule has 2 aliphatic rings. The van der Waals surface area contributed by atoms with E-state index >= 15 is 0 Å². The zero-order valence-corrected chi connectivity index (χ0v) is 16.7. The predicted molar refractivity (Wildman–Crippen MR) is 110 cm³/mol. The molecule has 0 unspecified atom stereocenters. The molecular formula is C19H20BrN3O2S. The number of thiocarbonyl (C=S) groups is 1. The van der Waals surface area contributed by atoms with Gasteiger partial charge in [0, 0.05) is 42.9 Å². The fourth-order valence-electron chi connectivity index (χ4n) is 3.14. The van der Waals surface area contributed by atoms with Gasteiger partial charge < -0.3 is 19.7 Å². The Labute approximate surface area is 167 Å². The van der Waals surface area contributed by atoms with Crippen molar-refractivity contribution in [2.45, 2.75) is 6.54 Å². The van der Waals surface area contributed by atoms with Crippen molar-refractivity contribution in [3.63, 3.8) is 0 Å². The van der Waals surface area contributed by atoms with Crippen LogP contribution in [0.2, 0.25) is 0 Å². The van der Waals surface area contributed by atoms with Crippen LogP contribution in [-0.4, -0.2) is 47.9 Å². The molecule has 2 heterocycles. The van der Waals surface area contributed by atoms with Gasteiger partial charge in [-0.1, -0.05) is 22.0 Å². The van der Waals surface area contributed by atoms with Crippen LogP contribution >= 0.6 is 28.1 Å².